The van der Waals surface area contributed by atoms with Crippen LogP contribution in [0.3, 0.4) is 0 Å². The summed E-state index contributed by atoms with van der Waals surface area (Å²) in [7, 11) is 1.98. The first-order valence-corrected chi connectivity index (χ1v) is 6.05. The van der Waals surface area contributed by atoms with Crippen molar-refractivity contribution in [2.75, 3.05) is 33.5 Å². The first-order chi connectivity index (χ1) is 7.22. The maximum Gasteiger partial charge on any atom is 0.0701 e. The van der Waals surface area contributed by atoms with Crippen LogP contribution in [0.5, 0.6) is 0 Å². The van der Waals surface area contributed by atoms with Crippen molar-refractivity contribution in [3.05, 3.63) is 0 Å². The highest BCUT2D eigenvalue weighted by atomic mass is 16.5. The normalized spacial score (nSPS) is 13.4. The van der Waals surface area contributed by atoms with E-state index in [0.29, 0.717) is 25.2 Å². The fraction of sp³-hybridized carbons (Fsp3) is 1.00. The van der Waals surface area contributed by atoms with E-state index in [2.05, 4.69) is 26.1 Å². The Bertz CT molecular complexity index is 129. The number of likely N-dealkylation sites (N-methyl/N-ethyl adjacent to an activating group) is 1. The highest BCUT2D eigenvalue weighted by molar-refractivity contribution is 4.66. The molecule has 0 saturated heterocycles. The topological polar surface area (TPSA) is 30.5 Å². The van der Waals surface area contributed by atoms with Crippen LogP contribution in [0.2, 0.25) is 0 Å². The molecule has 3 nitrogen and oxygen atoms in total. The van der Waals surface area contributed by atoms with Crippen molar-refractivity contribution in [2.24, 2.45) is 5.92 Å². The van der Waals surface area contributed by atoms with Crippen molar-refractivity contribution in [1.29, 1.82) is 0 Å². The SMILES string of the molecule is CCCCOCCOCC(NC)C(C)C. The molecule has 0 heterocycles. The molecule has 0 aromatic carbocycles. The van der Waals surface area contributed by atoms with E-state index >= 15 is 0 Å². The minimum atomic E-state index is 0.445. The first kappa shape index (κ1) is 14.9. The van der Waals surface area contributed by atoms with Crippen molar-refractivity contribution in [2.45, 2.75) is 39.7 Å². The van der Waals surface area contributed by atoms with E-state index in [4.69, 9.17) is 9.47 Å². The Balaban J connectivity index is 3.22. The van der Waals surface area contributed by atoms with Crippen LogP contribution >= 0.6 is 0 Å². The second-order valence-corrected chi connectivity index (χ2v) is 4.18. The second-order valence-electron chi connectivity index (χ2n) is 4.18. The van der Waals surface area contributed by atoms with Gasteiger partial charge in [0.15, 0.2) is 0 Å². The molecule has 1 unspecified atom stereocenters. The van der Waals surface area contributed by atoms with E-state index in [-0.39, 0.29) is 0 Å². The summed E-state index contributed by atoms with van der Waals surface area (Å²) >= 11 is 0. The Morgan fingerprint density at radius 3 is 2.27 bits per heavy atom. The summed E-state index contributed by atoms with van der Waals surface area (Å²) in [4.78, 5) is 0. The largest absolute Gasteiger partial charge is 0.379 e. The molecule has 15 heavy (non-hydrogen) atoms. The molecule has 0 fully saturated rings. The number of hydrogen-bond donors (Lipinski definition) is 1. The van der Waals surface area contributed by atoms with Gasteiger partial charge in [0.1, 0.15) is 0 Å². The van der Waals surface area contributed by atoms with Crippen LogP contribution in [-0.2, 0) is 9.47 Å². The molecular formula is C12H27NO2. The molecule has 92 valence electrons. The van der Waals surface area contributed by atoms with E-state index in [1.165, 1.54) is 6.42 Å². The molecule has 0 amide bonds. The van der Waals surface area contributed by atoms with Gasteiger partial charge in [-0.1, -0.05) is 27.2 Å². The van der Waals surface area contributed by atoms with Crippen LogP contribution < -0.4 is 5.32 Å². The summed E-state index contributed by atoms with van der Waals surface area (Å²) in [5.74, 6) is 0.607. The quantitative estimate of drug-likeness (QED) is 0.568. The molecule has 0 radical (unpaired) electrons. The van der Waals surface area contributed by atoms with Crippen LogP contribution in [0.25, 0.3) is 0 Å². The van der Waals surface area contributed by atoms with Gasteiger partial charge >= 0.3 is 0 Å². The number of hydrogen-bond acceptors (Lipinski definition) is 3. The van der Waals surface area contributed by atoms with Crippen molar-refractivity contribution in [3.8, 4) is 0 Å². The molecule has 0 bridgehead atoms. The van der Waals surface area contributed by atoms with E-state index in [1.807, 2.05) is 7.05 Å². The third kappa shape index (κ3) is 8.85. The van der Waals surface area contributed by atoms with Gasteiger partial charge in [0.25, 0.3) is 0 Å². The zero-order valence-electron chi connectivity index (χ0n) is 10.7. The fourth-order valence-corrected chi connectivity index (χ4v) is 1.29. The van der Waals surface area contributed by atoms with Gasteiger partial charge < -0.3 is 14.8 Å². The second kappa shape index (κ2) is 10.4. The monoisotopic (exact) mass is 217 g/mol. The van der Waals surface area contributed by atoms with Crippen LogP contribution in [0, 0.1) is 5.92 Å². The van der Waals surface area contributed by atoms with Crippen molar-refractivity contribution < 1.29 is 9.47 Å². The Hall–Kier alpha value is -0.120. The minimum absolute atomic E-state index is 0.445. The third-order valence-electron chi connectivity index (χ3n) is 2.49. The van der Waals surface area contributed by atoms with Gasteiger partial charge in [0.2, 0.25) is 0 Å². The van der Waals surface area contributed by atoms with Gasteiger partial charge in [-0.05, 0) is 19.4 Å². The van der Waals surface area contributed by atoms with Crippen molar-refractivity contribution >= 4 is 0 Å². The number of rotatable bonds is 10. The first-order valence-electron chi connectivity index (χ1n) is 6.05. The summed E-state index contributed by atoms with van der Waals surface area (Å²) in [6.07, 6.45) is 2.33. The number of nitrogens with one attached hydrogen (secondary N) is 1. The summed E-state index contributed by atoms with van der Waals surface area (Å²) < 4.78 is 10.9. The lowest BCUT2D eigenvalue weighted by molar-refractivity contribution is 0.0342. The summed E-state index contributed by atoms with van der Waals surface area (Å²) in [6.45, 7) is 9.61. The Morgan fingerprint density at radius 2 is 1.73 bits per heavy atom. The molecule has 0 rings (SSSR count). The molecular weight excluding hydrogens is 190 g/mol. The number of ether oxygens (including phenoxy) is 2. The predicted molar refractivity (Wildman–Crippen MR) is 64.2 cm³/mol. The van der Waals surface area contributed by atoms with Gasteiger partial charge in [-0.2, -0.15) is 0 Å². The molecule has 0 aliphatic carbocycles. The fourth-order valence-electron chi connectivity index (χ4n) is 1.29. The van der Waals surface area contributed by atoms with Crippen molar-refractivity contribution in [3.63, 3.8) is 0 Å². The lowest BCUT2D eigenvalue weighted by atomic mass is 10.1. The molecule has 0 aliphatic rings. The molecule has 3 heteroatoms. The predicted octanol–water partition coefficient (Wildman–Crippen LogP) is 2.06. The molecule has 0 aliphatic heterocycles. The summed E-state index contributed by atoms with van der Waals surface area (Å²) in [6, 6.07) is 0.445. The molecule has 1 N–H and O–H groups in total. The zero-order chi connectivity index (χ0) is 11.5. The smallest absolute Gasteiger partial charge is 0.0701 e. The number of unbranched alkanes of at least 4 members (excludes halogenated alkanes) is 1. The molecule has 0 aromatic rings. The average Bonchev–Trinajstić information content (AvgIpc) is 2.21. The van der Waals surface area contributed by atoms with Gasteiger partial charge in [0.05, 0.1) is 19.8 Å². The third-order valence-corrected chi connectivity index (χ3v) is 2.49. The summed E-state index contributed by atoms with van der Waals surface area (Å²) in [5, 5.41) is 3.25. The van der Waals surface area contributed by atoms with Crippen LogP contribution in [0.1, 0.15) is 33.6 Å². The van der Waals surface area contributed by atoms with Gasteiger partial charge in [-0.3, -0.25) is 0 Å². The van der Waals surface area contributed by atoms with Crippen LogP contribution in [-0.4, -0.2) is 39.5 Å². The van der Waals surface area contributed by atoms with Gasteiger partial charge in [0, 0.05) is 12.6 Å². The minimum Gasteiger partial charge on any atom is -0.379 e. The van der Waals surface area contributed by atoms with Crippen molar-refractivity contribution in [1.82, 2.24) is 5.32 Å². The van der Waals surface area contributed by atoms with E-state index in [1.54, 1.807) is 0 Å². The maximum absolute atomic E-state index is 5.54. The zero-order valence-corrected chi connectivity index (χ0v) is 10.7. The standard InChI is InChI=1S/C12H27NO2/c1-5-6-7-14-8-9-15-10-12(13-4)11(2)3/h11-13H,5-10H2,1-4H3. The lowest BCUT2D eigenvalue weighted by Crippen LogP contribution is -2.35. The Morgan fingerprint density at radius 1 is 1.07 bits per heavy atom. The molecule has 0 aromatic heterocycles. The van der Waals surface area contributed by atoms with Gasteiger partial charge in [-0.25, -0.2) is 0 Å². The van der Waals surface area contributed by atoms with E-state index in [0.717, 1.165) is 19.6 Å². The van der Waals surface area contributed by atoms with E-state index < -0.39 is 0 Å². The molecule has 0 spiro atoms. The van der Waals surface area contributed by atoms with Crippen LogP contribution in [0.4, 0.5) is 0 Å². The lowest BCUT2D eigenvalue weighted by Gasteiger charge is -2.19. The maximum atomic E-state index is 5.54. The highest BCUT2D eigenvalue weighted by Gasteiger charge is 2.09. The van der Waals surface area contributed by atoms with Gasteiger partial charge in [-0.15, -0.1) is 0 Å². The van der Waals surface area contributed by atoms with Crippen LogP contribution in [0.15, 0.2) is 0 Å². The Labute approximate surface area is 94.5 Å². The molecule has 0 saturated carbocycles. The molecule has 1 atom stereocenters. The Kier molecular flexibility index (Phi) is 10.3. The summed E-state index contributed by atoms with van der Waals surface area (Å²) in [5.41, 5.74) is 0. The average molecular weight is 217 g/mol. The highest BCUT2D eigenvalue weighted by Crippen LogP contribution is 2.00. The van der Waals surface area contributed by atoms with E-state index in [9.17, 15) is 0 Å².